The maximum Gasteiger partial charge on any atom is 0.410 e. The first-order valence-electron chi connectivity index (χ1n) is 7.00. The van der Waals surface area contributed by atoms with Gasteiger partial charge in [-0.05, 0) is 46.0 Å². The number of piperidine rings is 1. The van der Waals surface area contributed by atoms with Crippen LogP contribution in [0.5, 0.6) is 0 Å². The van der Waals surface area contributed by atoms with Crippen LogP contribution in [0.15, 0.2) is 0 Å². The molecule has 3 atom stereocenters. The van der Waals surface area contributed by atoms with Gasteiger partial charge < -0.3 is 14.7 Å². The molecule has 1 N–H and O–H groups in total. The van der Waals surface area contributed by atoms with Crippen molar-refractivity contribution >= 4 is 12.1 Å². The van der Waals surface area contributed by atoms with Gasteiger partial charge in [-0.2, -0.15) is 0 Å². The Bertz CT molecular complexity index is 374. The van der Waals surface area contributed by atoms with E-state index in [1.54, 1.807) is 4.90 Å². The minimum absolute atomic E-state index is 0.172. The predicted molar refractivity (Wildman–Crippen MR) is 69.8 cm³/mol. The summed E-state index contributed by atoms with van der Waals surface area (Å²) in [5.41, 5.74) is -0.540. The van der Waals surface area contributed by atoms with Gasteiger partial charge in [-0.3, -0.25) is 4.79 Å². The van der Waals surface area contributed by atoms with Gasteiger partial charge >= 0.3 is 12.1 Å². The van der Waals surface area contributed by atoms with Crippen molar-refractivity contribution in [2.75, 3.05) is 6.54 Å². The summed E-state index contributed by atoms with van der Waals surface area (Å²) in [6.45, 7) is 5.77. The molecular weight excluding hydrogens is 246 g/mol. The number of carbonyl (C=O) groups is 2. The molecule has 1 aliphatic carbocycles. The molecule has 108 valence electrons. The highest BCUT2D eigenvalue weighted by molar-refractivity contribution is 5.73. The second-order valence-electron chi connectivity index (χ2n) is 6.66. The molecule has 2 aliphatic rings. The first-order chi connectivity index (χ1) is 8.78. The van der Waals surface area contributed by atoms with Gasteiger partial charge in [0.1, 0.15) is 5.60 Å². The lowest BCUT2D eigenvalue weighted by Crippen LogP contribution is -2.52. The molecule has 1 heterocycles. The second kappa shape index (κ2) is 5.02. The molecule has 5 heteroatoms. The van der Waals surface area contributed by atoms with Crippen molar-refractivity contribution in [1.29, 1.82) is 0 Å². The number of hydrogen-bond acceptors (Lipinski definition) is 3. The summed E-state index contributed by atoms with van der Waals surface area (Å²) in [5, 5.41) is 9.21. The number of ether oxygens (including phenoxy) is 1. The lowest BCUT2D eigenvalue weighted by atomic mass is 9.85. The Morgan fingerprint density at radius 3 is 2.53 bits per heavy atom. The number of hydrogen-bond donors (Lipinski definition) is 1. The minimum atomic E-state index is -0.807. The first kappa shape index (κ1) is 14.2. The van der Waals surface area contributed by atoms with Crippen molar-refractivity contribution in [3.8, 4) is 0 Å². The Labute approximate surface area is 113 Å². The summed E-state index contributed by atoms with van der Waals surface area (Å²) >= 11 is 0. The zero-order valence-electron chi connectivity index (χ0n) is 11.9. The minimum Gasteiger partial charge on any atom is -0.481 e. The molecule has 0 spiro atoms. The Balaban J connectivity index is 2.11. The molecule has 3 unspecified atom stereocenters. The standard InChI is InChI=1S/C14H23NO4/c1-14(2,3)19-13(18)15-8-10(12(16)17)7-9-5-4-6-11(9)15/h9-11H,4-8H2,1-3H3,(H,16,17). The third kappa shape index (κ3) is 3.19. The third-order valence-corrected chi connectivity index (χ3v) is 4.00. The summed E-state index contributed by atoms with van der Waals surface area (Å²) in [5.74, 6) is -0.937. The zero-order chi connectivity index (χ0) is 14.2. The van der Waals surface area contributed by atoms with E-state index in [1.165, 1.54) is 0 Å². The number of rotatable bonds is 1. The maximum atomic E-state index is 12.2. The van der Waals surface area contributed by atoms with Crippen molar-refractivity contribution in [2.45, 2.75) is 58.1 Å². The van der Waals surface area contributed by atoms with E-state index in [9.17, 15) is 14.7 Å². The average Bonchev–Trinajstić information content (AvgIpc) is 2.72. The van der Waals surface area contributed by atoms with E-state index < -0.39 is 17.5 Å². The smallest absolute Gasteiger partial charge is 0.410 e. The molecule has 1 aliphatic heterocycles. The van der Waals surface area contributed by atoms with Crippen LogP contribution in [0.1, 0.15) is 46.5 Å². The molecule has 5 nitrogen and oxygen atoms in total. The summed E-state index contributed by atoms with van der Waals surface area (Å²) < 4.78 is 5.41. The van der Waals surface area contributed by atoms with Crippen LogP contribution in [0.2, 0.25) is 0 Å². The van der Waals surface area contributed by atoms with Crippen LogP contribution in [0, 0.1) is 11.8 Å². The zero-order valence-corrected chi connectivity index (χ0v) is 11.9. The van der Waals surface area contributed by atoms with Crippen LogP contribution in [0.4, 0.5) is 4.79 Å². The van der Waals surface area contributed by atoms with Crippen molar-refractivity contribution in [1.82, 2.24) is 4.90 Å². The predicted octanol–water partition coefficient (Wildman–Crippen LogP) is 2.50. The Morgan fingerprint density at radius 2 is 1.95 bits per heavy atom. The number of carbonyl (C=O) groups excluding carboxylic acids is 1. The van der Waals surface area contributed by atoms with Crippen LogP contribution < -0.4 is 0 Å². The molecule has 1 saturated heterocycles. The van der Waals surface area contributed by atoms with Crippen molar-refractivity contribution in [3.63, 3.8) is 0 Å². The lowest BCUT2D eigenvalue weighted by molar-refractivity contribution is -0.144. The molecule has 1 saturated carbocycles. The van der Waals surface area contributed by atoms with Gasteiger partial charge in [-0.25, -0.2) is 4.79 Å². The van der Waals surface area contributed by atoms with E-state index in [0.717, 1.165) is 19.3 Å². The maximum absolute atomic E-state index is 12.2. The number of carboxylic acid groups (broad SMARTS) is 1. The topological polar surface area (TPSA) is 66.8 Å². The van der Waals surface area contributed by atoms with E-state index in [0.29, 0.717) is 12.3 Å². The fourth-order valence-corrected chi connectivity index (χ4v) is 3.22. The Hall–Kier alpha value is -1.26. The largest absolute Gasteiger partial charge is 0.481 e. The lowest BCUT2D eigenvalue weighted by Gasteiger charge is -2.40. The van der Waals surface area contributed by atoms with Crippen molar-refractivity contribution in [3.05, 3.63) is 0 Å². The molecule has 0 bridgehead atoms. The first-order valence-corrected chi connectivity index (χ1v) is 7.00. The molecule has 19 heavy (non-hydrogen) atoms. The number of amides is 1. The van der Waals surface area contributed by atoms with Crippen LogP contribution in [-0.4, -0.2) is 40.3 Å². The van der Waals surface area contributed by atoms with Gasteiger partial charge in [0.25, 0.3) is 0 Å². The fourth-order valence-electron chi connectivity index (χ4n) is 3.22. The van der Waals surface area contributed by atoms with E-state index in [4.69, 9.17) is 4.74 Å². The monoisotopic (exact) mass is 269 g/mol. The Kier molecular flexibility index (Phi) is 3.74. The van der Waals surface area contributed by atoms with Gasteiger partial charge in [0.2, 0.25) is 0 Å². The molecule has 2 rings (SSSR count). The number of fused-ring (bicyclic) bond motifs is 1. The Morgan fingerprint density at radius 1 is 1.26 bits per heavy atom. The number of nitrogens with zero attached hydrogens (tertiary/aromatic N) is 1. The van der Waals surface area contributed by atoms with E-state index in [-0.39, 0.29) is 18.7 Å². The highest BCUT2D eigenvalue weighted by atomic mass is 16.6. The van der Waals surface area contributed by atoms with Crippen LogP contribution >= 0.6 is 0 Å². The highest BCUT2D eigenvalue weighted by Crippen LogP contribution is 2.39. The van der Waals surface area contributed by atoms with Gasteiger partial charge in [-0.15, -0.1) is 0 Å². The third-order valence-electron chi connectivity index (χ3n) is 4.00. The molecular formula is C14H23NO4. The summed E-state index contributed by atoms with van der Waals surface area (Å²) in [4.78, 5) is 25.1. The number of likely N-dealkylation sites (tertiary alicyclic amines) is 1. The van der Waals surface area contributed by atoms with Crippen LogP contribution in [0.25, 0.3) is 0 Å². The molecule has 0 aromatic heterocycles. The molecule has 1 amide bonds. The molecule has 2 fully saturated rings. The van der Waals surface area contributed by atoms with Gasteiger partial charge in [0, 0.05) is 12.6 Å². The molecule has 0 aromatic rings. The second-order valence-corrected chi connectivity index (χ2v) is 6.66. The molecule has 0 aromatic carbocycles. The van der Waals surface area contributed by atoms with Crippen molar-refractivity contribution in [2.24, 2.45) is 11.8 Å². The molecule has 0 radical (unpaired) electrons. The SMILES string of the molecule is CC(C)(C)OC(=O)N1CC(C(=O)O)CC2CCCC21. The van der Waals surface area contributed by atoms with Gasteiger partial charge in [0.15, 0.2) is 0 Å². The van der Waals surface area contributed by atoms with Crippen molar-refractivity contribution < 1.29 is 19.4 Å². The number of carboxylic acids is 1. The fraction of sp³-hybridized carbons (Fsp3) is 0.857. The summed E-state index contributed by atoms with van der Waals surface area (Å²) in [6, 6.07) is 0.172. The van der Waals surface area contributed by atoms with Crippen LogP contribution in [-0.2, 0) is 9.53 Å². The summed E-state index contributed by atoms with van der Waals surface area (Å²) in [6.07, 6.45) is 3.39. The van der Waals surface area contributed by atoms with E-state index in [1.807, 2.05) is 20.8 Å². The average molecular weight is 269 g/mol. The highest BCUT2D eigenvalue weighted by Gasteiger charge is 2.44. The summed E-state index contributed by atoms with van der Waals surface area (Å²) in [7, 11) is 0. The quantitative estimate of drug-likeness (QED) is 0.794. The van der Waals surface area contributed by atoms with Crippen LogP contribution in [0.3, 0.4) is 0 Å². The van der Waals surface area contributed by atoms with Gasteiger partial charge in [0.05, 0.1) is 5.92 Å². The van der Waals surface area contributed by atoms with E-state index >= 15 is 0 Å². The van der Waals surface area contributed by atoms with E-state index in [2.05, 4.69) is 0 Å². The van der Waals surface area contributed by atoms with Gasteiger partial charge in [-0.1, -0.05) is 6.42 Å². The number of aliphatic carboxylic acids is 1. The normalized spacial score (nSPS) is 30.9.